The third kappa shape index (κ3) is 4.05. The lowest BCUT2D eigenvalue weighted by Gasteiger charge is -2.40. The Morgan fingerprint density at radius 1 is 1.44 bits per heavy atom. The zero-order chi connectivity index (χ0) is 13.6. The van der Waals surface area contributed by atoms with E-state index in [4.69, 9.17) is 5.73 Å². The van der Waals surface area contributed by atoms with Crippen molar-refractivity contribution in [1.29, 1.82) is 0 Å². The first kappa shape index (κ1) is 16.2. The minimum absolute atomic E-state index is 0.159. The first-order chi connectivity index (χ1) is 8.57. The van der Waals surface area contributed by atoms with Gasteiger partial charge in [-0.05, 0) is 41.9 Å². The summed E-state index contributed by atoms with van der Waals surface area (Å²) in [6.07, 6.45) is 4.80. The van der Waals surface area contributed by atoms with Crippen LogP contribution in [0.3, 0.4) is 0 Å². The predicted molar refractivity (Wildman–Crippen MR) is 85.1 cm³/mol. The molecule has 0 radical (unpaired) electrons. The number of hydrogen-bond donors (Lipinski definition) is 1. The molecule has 0 aromatic carbocycles. The monoisotopic (exact) mass is 332 g/mol. The van der Waals surface area contributed by atoms with E-state index in [2.05, 4.69) is 53.2 Å². The second kappa shape index (κ2) is 7.63. The average molecular weight is 333 g/mol. The number of unbranched alkanes of at least 4 members (excludes halogenated alkanes) is 1. The van der Waals surface area contributed by atoms with E-state index in [1.54, 1.807) is 0 Å². The average Bonchev–Trinajstić information content (AvgIpc) is 2.77. The van der Waals surface area contributed by atoms with Crippen LogP contribution in [-0.4, -0.2) is 24.0 Å². The summed E-state index contributed by atoms with van der Waals surface area (Å²) in [5.74, 6) is 0. The third-order valence-electron chi connectivity index (χ3n) is 3.86. The molecular weight excluding hydrogens is 308 g/mol. The Bertz CT molecular complexity index is 347. The maximum absolute atomic E-state index is 6.07. The Morgan fingerprint density at radius 2 is 2.17 bits per heavy atom. The highest BCUT2D eigenvalue weighted by Crippen LogP contribution is 2.28. The van der Waals surface area contributed by atoms with E-state index >= 15 is 0 Å². The molecular formula is C14H25BrN2S. The number of hydrogen-bond acceptors (Lipinski definition) is 3. The molecule has 1 atom stereocenters. The van der Waals surface area contributed by atoms with Gasteiger partial charge in [0.2, 0.25) is 0 Å². The summed E-state index contributed by atoms with van der Waals surface area (Å²) in [6, 6.07) is 2.21. The zero-order valence-electron chi connectivity index (χ0n) is 11.7. The molecule has 2 N–H and O–H groups in total. The van der Waals surface area contributed by atoms with E-state index in [-0.39, 0.29) is 5.54 Å². The van der Waals surface area contributed by atoms with E-state index in [0.29, 0.717) is 0 Å². The van der Waals surface area contributed by atoms with E-state index in [9.17, 15) is 0 Å². The van der Waals surface area contributed by atoms with E-state index < -0.39 is 0 Å². The maximum Gasteiger partial charge on any atom is 0.0331 e. The summed E-state index contributed by atoms with van der Waals surface area (Å²) in [5.41, 5.74) is 6.23. The second-order valence-corrected chi connectivity index (χ2v) is 6.88. The molecule has 0 aliphatic heterocycles. The van der Waals surface area contributed by atoms with Crippen LogP contribution in [-0.2, 0) is 6.54 Å². The molecule has 0 bridgehead atoms. The molecule has 2 nitrogen and oxygen atoms in total. The summed E-state index contributed by atoms with van der Waals surface area (Å²) in [6.45, 7) is 6.23. The Balaban J connectivity index is 2.72. The molecule has 1 heterocycles. The van der Waals surface area contributed by atoms with Crippen molar-refractivity contribution in [1.82, 2.24) is 4.90 Å². The fraction of sp³-hybridized carbons (Fsp3) is 0.714. The van der Waals surface area contributed by atoms with Gasteiger partial charge in [0, 0.05) is 33.4 Å². The zero-order valence-corrected chi connectivity index (χ0v) is 14.1. The van der Waals surface area contributed by atoms with Gasteiger partial charge < -0.3 is 5.73 Å². The third-order valence-corrected chi connectivity index (χ3v) is 5.54. The summed E-state index contributed by atoms with van der Waals surface area (Å²) in [7, 11) is 2.21. The highest BCUT2D eigenvalue weighted by atomic mass is 79.9. The normalized spacial score (nSPS) is 15.0. The Kier molecular flexibility index (Phi) is 6.85. The number of nitrogens with zero attached hydrogens (tertiary/aromatic N) is 1. The van der Waals surface area contributed by atoms with Crippen LogP contribution in [0.5, 0.6) is 0 Å². The van der Waals surface area contributed by atoms with Crippen LogP contribution in [0.4, 0.5) is 0 Å². The van der Waals surface area contributed by atoms with Crippen molar-refractivity contribution >= 4 is 27.3 Å². The maximum atomic E-state index is 6.07. The van der Waals surface area contributed by atoms with Crippen LogP contribution in [0.2, 0.25) is 0 Å². The van der Waals surface area contributed by atoms with Crippen molar-refractivity contribution in [2.45, 2.75) is 51.6 Å². The van der Waals surface area contributed by atoms with Gasteiger partial charge in [-0.2, -0.15) is 0 Å². The van der Waals surface area contributed by atoms with Gasteiger partial charge in [0.1, 0.15) is 0 Å². The SMILES string of the molecule is CCCCC(CC)(CN)N(C)Cc1cc(Br)cs1. The molecule has 0 spiro atoms. The number of nitrogens with two attached hydrogens (primary N) is 1. The van der Waals surface area contributed by atoms with E-state index in [1.807, 2.05) is 11.3 Å². The molecule has 4 heteroatoms. The van der Waals surface area contributed by atoms with Gasteiger partial charge in [0.15, 0.2) is 0 Å². The Labute approximate surface area is 124 Å². The first-order valence-electron chi connectivity index (χ1n) is 6.72. The molecule has 0 saturated heterocycles. The Hall–Kier alpha value is 0.1000. The van der Waals surface area contributed by atoms with E-state index in [1.165, 1.54) is 28.6 Å². The van der Waals surface area contributed by atoms with Crippen LogP contribution < -0.4 is 5.73 Å². The highest BCUT2D eigenvalue weighted by Gasteiger charge is 2.30. The van der Waals surface area contributed by atoms with Crippen molar-refractivity contribution in [2.24, 2.45) is 5.73 Å². The molecule has 1 unspecified atom stereocenters. The van der Waals surface area contributed by atoms with Crippen molar-refractivity contribution in [3.63, 3.8) is 0 Å². The second-order valence-electron chi connectivity index (χ2n) is 4.97. The molecule has 1 aromatic heterocycles. The van der Waals surface area contributed by atoms with Crippen LogP contribution in [0.1, 0.15) is 44.4 Å². The van der Waals surface area contributed by atoms with E-state index in [0.717, 1.165) is 19.5 Å². The smallest absolute Gasteiger partial charge is 0.0331 e. The fourth-order valence-electron chi connectivity index (χ4n) is 2.38. The molecule has 1 rings (SSSR count). The molecule has 0 saturated carbocycles. The topological polar surface area (TPSA) is 29.3 Å². The quantitative estimate of drug-likeness (QED) is 0.771. The molecule has 0 fully saturated rings. The van der Waals surface area contributed by atoms with Crippen molar-refractivity contribution in [3.05, 3.63) is 20.8 Å². The predicted octanol–water partition coefficient (Wildman–Crippen LogP) is 4.24. The van der Waals surface area contributed by atoms with Crippen molar-refractivity contribution in [2.75, 3.05) is 13.6 Å². The Morgan fingerprint density at radius 3 is 2.61 bits per heavy atom. The first-order valence-corrected chi connectivity index (χ1v) is 8.39. The van der Waals surface area contributed by atoms with Gasteiger partial charge in [-0.1, -0.05) is 26.7 Å². The standard InChI is InChI=1S/C14H25BrN2S/c1-4-6-7-14(5-2,11-16)17(3)9-13-8-12(15)10-18-13/h8,10H,4-7,9,11,16H2,1-3H3. The molecule has 0 aliphatic carbocycles. The lowest BCUT2D eigenvalue weighted by molar-refractivity contribution is 0.101. The van der Waals surface area contributed by atoms with Gasteiger partial charge in [0.25, 0.3) is 0 Å². The molecule has 104 valence electrons. The van der Waals surface area contributed by atoms with Gasteiger partial charge in [0.05, 0.1) is 0 Å². The van der Waals surface area contributed by atoms with Crippen molar-refractivity contribution < 1.29 is 0 Å². The summed E-state index contributed by atoms with van der Waals surface area (Å²) in [5, 5.41) is 2.14. The summed E-state index contributed by atoms with van der Waals surface area (Å²) < 4.78 is 1.18. The lowest BCUT2D eigenvalue weighted by Crippen LogP contribution is -2.51. The number of halogens is 1. The minimum Gasteiger partial charge on any atom is -0.329 e. The fourth-order valence-corrected chi connectivity index (χ4v) is 3.89. The number of rotatable bonds is 8. The largest absolute Gasteiger partial charge is 0.329 e. The molecule has 0 aliphatic rings. The van der Waals surface area contributed by atoms with Crippen LogP contribution in [0.25, 0.3) is 0 Å². The highest BCUT2D eigenvalue weighted by molar-refractivity contribution is 9.10. The summed E-state index contributed by atoms with van der Waals surface area (Å²) in [4.78, 5) is 3.84. The van der Waals surface area contributed by atoms with Crippen LogP contribution >= 0.6 is 27.3 Å². The van der Waals surface area contributed by atoms with Gasteiger partial charge in [-0.15, -0.1) is 11.3 Å². The van der Waals surface area contributed by atoms with Gasteiger partial charge >= 0.3 is 0 Å². The molecule has 0 amide bonds. The molecule has 1 aromatic rings. The lowest BCUT2D eigenvalue weighted by atomic mass is 9.88. The number of likely N-dealkylation sites (N-methyl/N-ethyl adjacent to an activating group) is 1. The van der Waals surface area contributed by atoms with Crippen LogP contribution in [0.15, 0.2) is 15.9 Å². The summed E-state index contributed by atoms with van der Waals surface area (Å²) >= 11 is 5.33. The van der Waals surface area contributed by atoms with Gasteiger partial charge in [-0.3, -0.25) is 4.90 Å². The van der Waals surface area contributed by atoms with Crippen molar-refractivity contribution in [3.8, 4) is 0 Å². The van der Waals surface area contributed by atoms with Crippen LogP contribution in [0, 0.1) is 0 Å². The number of thiophene rings is 1. The van der Waals surface area contributed by atoms with Gasteiger partial charge in [-0.25, -0.2) is 0 Å². The minimum atomic E-state index is 0.159. The molecule has 18 heavy (non-hydrogen) atoms.